The first-order valence-corrected chi connectivity index (χ1v) is 6.54. The van der Waals surface area contributed by atoms with Crippen molar-refractivity contribution >= 4 is 0 Å². The van der Waals surface area contributed by atoms with Crippen LogP contribution in [0.3, 0.4) is 0 Å². The van der Waals surface area contributed by atoms with Crippen molar-refractivity contribution in [2.45, 2.75) is 71.1 Å². The molecule has 0 atom stereocenters. The molecule has 0 heterocycles. The Hall–Kier alpha value is -0.260. The third-order valence-electron chi connectivity index (χ3n) is 3.43. The van der Waals surface area contributed by atoms with Crippen molar-refractivity contribution in [1.29, 1.82) is 0 Å². The lowest BCUT2D eigenvalue weighted by Gasteiger charge is -2.16. The Balaban J connectivity index is 2.23. The van der Waals surface area contributed by atoms with E-state index in [0.717, 1.165) is 5.92 Å². The second kappa shape index (κ2) is 8.08. The fraction of sp³-hybridized carbons (Fsp3) is 0.857. The van der Waals surface area contributed by atoms with E-state index in [-0.39, 0.29) is 0 Å². The van der Waals surface area contributed by atoms with Crippen molar-refractivity contribution in [3.63, 3.8) is 0 Å². The Morgan fingerprint density at radius 3 is 1.86 bits per heavy atom. The first-order chi connectivity index (χ1) is 6.93. The number of hydrogen-bond donors (Lipinski definition) is 0. The molecule has 0 aromatic carbocycles. The Morgan fingerprint density at radius 2 is 1.36 bits per heavy atom. The van der Waals surface area contributed by atoms with Gasteiger partial charge in [0.25, 0.3) is 0 Å². The smallest absolute Gasteiger partial charge is 0.0322 e. The van der Waals surface area contributed by atoms with Gasteiger partial charge in [-0.2, -0.15) is 0 Å². The zero-order valence-corrected chi connectivity index (χ0v) is 9.80. The lowest BCUT2D eigenvalue weighted by Crippen LogP contribution is -2.01. The van der Waals surface area contributed by atoms with Gasteiger partial charge in [0.2, 0.25) is 0 Å². The van der Waals surface area contributed by atoms with E-state index in [2.05, 4.69) is 19.1 Å². The van der Waals surface area contributed by atoms with E-state index in [1.807, 2.05) is 0 Å². The molecule has 1 saturated carbocycles. The molecule has 0 spiro atoms. The van der Waals surface area contributed by atoms with Crippen LogP contribution in [-0.2, 0) is 0 Å². The molecule has 1 rings (SSSR count). The maximum atomic E-state index is 2.36. The largest absolute Gasteiger partial charge is 0.0917 e. The molecule has 82 valence electrons. The third-order valence-corrected chi connectivity index (χ3v) is 3.43. The minimum absolute atomic E-state index is 0.990. The topological polar surface area (TPSA) is 0 Å². The summed E-state index contributed by atoms with van der Waals surface area (Å²) in [7, 11) is 0. The Labute approximate surface area is 89.8 Å². The van der Waals surface area contributed by atoms with Crippen molar-refractivity contribution in [2.75, 3.05) is 0 Å². The highest BCUT2D eigenvalue weighted by molar-refractivity contribution is 4.80. The quantitative estimate of drug-likeness (QED) is 0.537. The van der Waals surface area contributed by atoms with Gasteiger partial charge in [0.05, 0.1) is 0 Å². The average Bonchev–Trinajstić information content (AvgIpc) is 2.23. The second-order valence-corrected chi connectivity index (χ2v) is 4.72. The Bertz CT molecular complexity index is 136. The molecular formula is C14H26. The van der Waals surface area contributed by atoms with E-state index < -0.39 is 0 Å². The molecule has 0 heteroatoms. The highest BCUT2D eigenvalue weighted by atomic mass is 14.1. The molecule has 0 aromatic rings. The van der Waals surface area contributed by atoms with E-state index in [1.165, 1.54) is 64.2 Å². The minimum atomic E-state index is 0.990. The summed E-state index contributed by atoms with van der Waals surface area (Å²) in [5, 5.41) is 0. The van der Waals surface area contributed by atoms with Gasteiger partial charge >= 0.3 is 0 Å². The van der Waals surface area contributed by atoms with Crippen LogP contribution in [-0.4, -0.2) is 0 Å². The highest BCUT2D eigenvalue weighted by Crippen LogP contribution is 2.24. The monoisotopic (exact) mass is 194 g/mol. The summed E-state index contributed by atoms with van der Waals surface area (Å²) >= 11 is 0. The molecule has 0 N–H and O–H groups in total. The predicted molar refractivity (Wildman–Crippen MR) is 64.5 cm³/mol. The summed E-state index contributed by atoms with van der Waals surface area (Å²) in [6.45, 7) is 2.14. The van der Waals surface area contributed by atoms with Gasteiger partial charge in [0, 0.05) is 0 Å². The van der Waals surface area contributed by atoms with Gasteiger partial charge in [0.15, 0.2) is 0 Å². The number of rotatable bonds is 2. The molecule has 0 amide bonds. The lowest BCUT2D eigenvalue weighted by molar-refractivity contribution is 0.391. The molecule has 1 aliphatic rings. The molecule has 1 fully saturated rings. The maximum Gasteiger partial charge on any atom is -0.0322 e. The van der Waals surface area contributed by atoms with Crippen LogP contribution in [0.25, 0.3) is 0 Å². The predicted octanol–water partition coefficient (Wildman–Crippen LogP) is 5.09. The van der Waals surface area contributed by atoms with Crippen molar-refractivity contribution in [2.24, 2.45) is 5.92 Å². The van der Waals surface area contributed by atoms with Crippen molar-refractivity contribution in [1.82, 2.24) is 0 Å². The molecule has 0 aromatic heterocycles. The summed E-state index contributed by atoms with van der Waals surface area (Å²) < 4.78 is 0. The van der Waals surface area contributed by atoms with Gasteiger partial charge in [-0.15, -0.1) is 0 Å². The molecule has 1 aliphatic carbocycles. The van der Waals surface area contributed by atoms with Crippen LogP contribution in [0.5, 0.6) is 0 Å². The van der Waals surface area contributed by atoms with E-state index in [9.17, 15) is 0 Å². The molecule has 0 aliphatic heterocycles. The van der Waals surface area contributed by atoms with E-state index >= 15 is 0 Å². The van der Waals surface area contributed by atoms with Crippen molar-refractivity contribution in [3.05, 3.63) is 12.2 Å². The standard InChI is InChI=1S/C14H26/c1-2-3-11-14-12-9-7-5-4-6-8-10-13-14/h2-3,14H,4-13H2,1H3. The lowest BCUT2D eigenvalue weighted by atomic mass is 9.90. The van der Waals surface area contributed by atoms with Crippen LogP contribution in [0.15, 0.2) is 12.2 Å². The fourth-order valence-corrected chi connectivity index (χ4v) is 2.46. The van der Waals surface area contributed by atoms with E-state index in [4.69, 9.17) is 0 Å². The summed E-state index contributed by atoms with van der Waals surface area (Å²) in [5.74, 6) is 0.990. The zero-order chi connectivity index (χ0) is 10.1. The fourth-order valence-electron chi connectivity index (χ4n) is 2.46. The van der Waals surface area contributed by atoms with E-state index in [1.54, 1.807) is 0 Å². The molecule has 0 radical (unpaired) electrons. The highest BCUT2D eigenvalue weighted by Gasteiger charge is 2.07. The van der Waals surface area contributed by atoms with Crippen LogP contribution < -0.4 is 0 Å². The molecule has 0 unspecified atom stereocenters. The summed E-state index contributed by atoms with van der Waals surface area (Å²) in [4.78, 5) is 0. The van der Waals surface area contributed by atoms with Gasteiger partial charge < -0.3 is 0 Å². The van der Waals surface area contributed by atoms with Crippen LogP contribution >= 0.6 is 0 Å². The van der Waals surface area contributed by atoms with Gasteiger partial charge in [-0.05, 0) is 19.3 Å². The molecular weight excluding hydrogens is 168 g/mol. The SMILES string of the molecule is CC=CCC1CCCCCCCCC1. The van der Waals surface area contributed by atoms with Crippen LogP contribution in [0.1, 0.15) is 71.1 Å². The van der Waals surface area contributed by atoms with Crippen LogP contribution in [0, 0.1) is 5.92 Å². The van der Waals surface area contributed by atoms with Gasteiger partial charge in [-0.1, -0.05) is 69.9 Å². The molecule has 14 heavy (non-hydrogen) atoms. The average molecular weight is 194 g/mol. The van der Waals surface area contributed by atoms with Crippen LogP contribution in [0.2, 0.25) is 0 Å². The first-order valence-electron chi connectivity index (χ1n) is 6.54. The molecule has 0 bridgehead atoms. The summed E-state index contributed by atoms with van der Waals surface area (Å²) in [6.07, 6.45) is 19.2. The first kappa shape index (κ1) is 11.8. The van der Waals surface area contributed by atoms with Gasteiger partial charge in [-0.3, -0.25) is 0 Å². The third kappa shape index (κ3) is 5.47. The number of allylic oxidation sites excluding steroid dienone is 2. The normalized spacial score (nSPS) is 22.6. The van der Waals surface area contributed by atoms with Crippen LogP contribution in [0.4, 0.5) is 0 Å². The molecule has 0 saturated heterocycles. The summed E-state index contributed by atoms with van der Waals surface area (Å²) in [6, 6.07) is 0. The Morgan fingerprint density at radius 1 is 0.857 bits per heavy atom. The van der Waals surface area contributed by atoms with Crippen molar-refractivity contribution in [3.8, 4) is 0 Å². The zero-order valence-electron chi connectivity index (χ0n) is 9.80. The van der Waals surface area contributed by atoms with E-state index in [0.29, 0.717) is 0 Å². The number of hydrogen-bond acceptors (Lipinski definition) is 0. The Kier molecular flexibility index (Phi) is 6.82. The minimum Gasteiger partial charge on any atom is -0.0917 e. The van der Waals surface area contributed by atoms with Gasteiger partial charge in [0.1, 0.15) is 0 Å². The van der Waals surface area contributed by atoms with Crippen molar-refractivity contribution < 1.29 is 0 Å². The van der Waals surface area contributed by atoms with Gasteiger partial charge in [-0.25, -0.2) is 0 Å². The maximum absolute atomic E-state index is 2.36. The summed E-state index contributed by atoms with van der Waals surface area (Å²) in [5.41, 5.74) is 0. The molecule has 0 nitrogen and oxygen atoms in total. The second-order valence-electron chi connectivity index (χ2n) is 4.72.